The summed E-state index contributed by atoms with van der Waals surface area (Å²) in [5.41, 5.74) is 0.829. The van der Waals surface area contributed by atoms with Crippen molar-refractivity contribution in [1.29, 1.82) is 0 Å². The zero-order valence-electron chi connectivity index (χ0n) is 11.3. The van der Waals surface area contributed by atoms with Gasteiger partial charge in [0.25, 0.3) is 5.91 Å². The number of thiazole rings is 1. The molecule has 0 spiro atoms. The number of carbonyl (C=O) groups excluding carboxylic acids is 1. The van der Waals surface area contributed by atoms with Crippen molar-refractivity contribution in [2.45, 2.75) is 13.3 Å². The maximum atomic E-state index is 12.2. The first-order valence-corrected chi connectivity index (χ1v) is 7.17. The highest BCUT2D eigenvalue weighted by Gasteiger charge is 2.14. The van der Waals surface area contributed by atoms with E-state index in [4.69, 9.17) is 9.84 Å². The quantitative estimate of drug-likeness (QED) is 0.855. The molecule has 0 atom stereocenters. The molecule has 1 aromatic carbocycles. The largest absolute Gasteiger partial charge is 0.493 e. The molecule has 0 unspecified atom stereocenters. The van der Waals surface area contributed by atoms with Gasteiger partial charge in [0, 0.05) is 5.38 Å². The fraction of sp³-hybridized carbons (Fsp3) is 0.214. The molecule has 110 valence electrons. The molecule has 7 heteroatoms. The fourth-order valence-corrected chi connectivity index (χ4v) is 2.41. The molecule has 1 aromatic heterocycles. The van der Waals surface area contributed by atoms with Crippen LogP contribution in [0.4, 0.5) is 5.13 Å². The Kier molecular flexibility index (Phi) is 4.89. The molecular formula is C14H14N2O4S. The van der Waals surface area contributed by atoms with Crippen LogP contribution in [0.2, 0.25) is 0 Å². The van der Waals surface area contributed by atoms with E-state index in [9.17, 15) is 9.59 Å². The number of nitrogens with one attached hydrogen (secondary N) is 1. The smallest absolute Gasteiger partial charge is 0.309 e. The fourth-order valence-electron chi connectivity index (χ4n) is 1.70. The Morgan fingerprint density at radius 3 is 2.86 bits per heavy atom. The van der Waals surface area contributed by atoms with Crippen LogP contribution in [0.15, 0.2) is 29.6 Å². The Labute approximate surface area is 125 Å². The van der Waals surface area contributed by atoms with Gasteiger partial charge < -0.3 is 9.84 Å². The molecule has 1 heterocycles. The summed E-state index contributed by atoms with van der Waals surface area (Å²) in [6.45, 7) is 2.30. The van der Waals surface area contributed by atoms with Crippen molar-refractivity contribution in [3.05, 3.63) is 40.9 Å². The van der Waals surface area contributed by atoms with Gasteiger partial charge >= 0.3 is 5.97 Å². The third-order valence-electron chi connectivity index (χ3n) is 2.54. The van der Waals surface area contributed by atoms with Gasteiger partial charge in [0.1, 0.15) is 5.75 Å². The van der Waals surface area contributed by atoms with Crippen molar-refractivity contribution in [1.82, 2.24) is 4.98 Å². The predicted octanol–water partition coefficient (Wildman–Crippen LogP) is 2.42. The maximum absolute atomic E-state index is 12.2. The van der Waals surface area contributed by atoms with Crippen molar-refractivity contribution in [2.24, 2.45) is 0 Å². The van der Waals surface area contributed by atoms with Crippen LogP contribution in [0.3, 0.4) is 0 Å². The first-order chi connectivity index (χ1) is 10.1. The highest BCUT2D eigenvalue weighted by atomic mass is 32.1. The highest BCUT2D eigenvalue weighted by Crippen LogP contribution is 2.21. The Bertz CT molecular complexity index is 654. The first-order valence-electron chi connectivity index (χ1n) is 6.29. The Balaban J connectivity index is 2.11. The van der Waals surface area contributed by atoms with Crippen molar-refractivity contribution in [3.63, 3.8) is 0 Å². The minimum atomic E-state index is -0.958. The molecule has 0 bridgehead atoms. The molecule has 1 amide bonds. The number of carbonyl (C=O) groups is 2. The number of nitrogens with zero attached hydrogens (tertiary/aromatic N) is 1. The van der Waals surface area contributed by atoms with Crippen LogP contribution in [0.1, 0.15) is 23.0 Å². The van der Waals surface area contributed by atoms with Gasteiger partial charge in [-0.25, -0.2) is 4.98 Å². The molecule has 0 saturated heterocycles. The Hall–Kier alpha value is -2.41. The topological polar surface area (TPSA) is 88.5 Å². The molecular weight excluding hydrogens is 292 g/mol. The average molecular weight is 306 g/mol. The number of benzene rings is 1. The standard InChI is InChI=1S/C14H14N2O4S/c1-2-20-11-6-4-3-5-10(11)13(19)16-14-15-9(8-21-14)7-12(17)18/h3-6,8H,2,7H2,1H3,(H,17,18)(H,15,16,19). The molecule has 0 fully saturated rings. The van der Waals surface area contributed by atoms with E-state index in [-0.39, 0.29) is 12.3 Å². The molecule has 0 radical (unpaired) electrons. The summed E-state index contributed by atoms with van der Waals surface area (Å²) in [4.78, 5) is 26.9. The van der Waals surface area contributed by atoms with Gasteiger partial charge in [-0.3, -0.25) is 14.9 Å². The second-order valence-corrected chi connectivity index (χ2v) is 4.96. The summed E-state index contributed by atoms with van der Waals surface area (Å²) >= 11 is 1.19. The van der Waals surface area contributed by atoms with Crippen LogP contribution in [-0.4, -0.2) is 28.6 Å². The lowest BCUT2D eigenvalue weighted by molar-refractivity contribution is -0.136. The summed E-state index contributed by atoms with van der Waals surface area (Å²) in [7, 11) is 0. The number of amides is 1. The minimum absolute atomic E-state index is 0.165. The molecule has 2 N–H and O–H groups in total. The van der Waals surface area contributed by atoms with E-state index >= 15 is 0 Å². The number of aliphatic carboxylic acids is 1. The van der Waals surface area contributed by atoms with Crippen molar-refractivity contribution in [3.8, 4) is 5.75 Å². The summed E-state index contributed by atoms with van der Waals surface area (Å²) < 4.78 is 5.40. The van der Waals surface area contributed by atoms with Crippen molar-refractivity contribution in [2.75, 3.05) is 11.9 Å². The van der Waals surface area contributed by atoms with Gasteiger partial charge in [-0.05, 0) is 19.1 Å². The number of hydrogen-bond donors (Lipinski definition) is 2. The maximum Gasteiger partial charge on any atom is 0.309 e. The Morgan fingerprint density at radius 1 is 1.38 bits per heavy atom. The second kappa shape index (κ2) is 6.85. The van der Waals surface area contributed by atoms with E-state index in [1.807, 2.05) is 6.92 Å². The van der Waals surface area contributed by atoms with Crippen LogP contribution in [-0.2, 0) is 11.2 Å². The van der Waals surface area contributed by atoms with Crippen LogP contribution < -0.4 is 10.1 Å². The van der Waals surface area contributed by atoms with E-state index in [1.165, 1.54) is 11.3 Å². The van der Waals surface area contributed by atoms with E-state index < -0.39 is 5.97 Å². The number of hydrogen-bond acceptors (Lipinski definition) is 5. The number of para-hydroxylation sites is 1. The highest BCUT2D eigenvalue weighted by molar-refractivity contribution is 7.14. The monoisotopic (exact) mass is 306 g/mol. The zero-order valence-corrected chi connectivity index (χ0v) is 12.1. The summed E-state index contributed by atoms with van der Waals surface area (Å²) in [6, 6.07) is 6.91. The normalized spacial score (nSPS) is 10.1. The molecule has 2 rings (SSSR count). The summed E-state index contributed by atoms with van der Waals surface area (Å²) in [5.74, 6) is -0.796. The first kappa shape index (κ1) is 15.0. The van der Waals surface area contributed by atoms with Crippen molar-refractivity contribution >= 4 is 28.3 Å². The lowest BCUT2D eigenvalue weighted by atomic mass is 10.2. The van der Waals surface area contributed by atoms with Gasteiger partial charge in [0.05, 0.1) is 24.3 Å². The molecule has 2 aromatic rings. The average Bonchev–Trinajstić information content (AvgIpc) is 2.86. The van der Waals surface area contributed by atoms with E-state index in [0.717, 1.165) is 0 Å². The van der Waals surface area contributed by atoms with Crippen LogP contribution in [0.25, 0.3) is 0 Å². The predicted molar refractivity (Wildman–Crippen MR) is 79.0 cm³/mol. The van der Waals surface area contributed by atoms with Gasteiger partial charge in [-0.1, -0.05) is 12.1 Å². The lowest BCUT2D eigenvalue weighted by Gasteiger charge is -2.08. The molecule has 0 saturated carbocycles. The van der Waals surface area contributed by atoms with Crippen LogP contribution >= 0.6 is 11.3 Å². The van der Waals surface area contributed by atoms with Crippen LogP contribution in [0.5, 0.6) is 5.75 Å². The van der Waals surface area contributed by atoms with E-state index in [1.54, 1.807) is 29.6 Å². The SMILES string of the molecule is CCOc1ccccc1C(=O)Nc1nc(CC(=O)O)cs1. The number of ether oxygens (including phenoxy) is 1. The van der Waals surface area contributed by atoms with Gasteiger partial charge in [0.15, 0.2) is 5.13 Å². The summed E-state index contributed by atoms with van der Waals surface area (Å²) in [5, 5.41) is 13.3. The molecule has 0 aliphatic carbocycles. The van der Waals surface area contributed by atoms with Gasteiger partial charge in [0.2, 0.25) is 0 Å². The number of rotatable bonds is 6. The molecule has 21 heavy (non-hydrogen) atoms. The zero-order chi connectivity index (χ0) is 15.2. The molecule has 0 aliphatic rings. The number of carboxylic acid groups (broad SMARTS) is 1. The molecule has 0 aliphatic heterocycles. The third-order valence-corrected chi connectivity index (χ3v) is 3.34. The molecule has 6 nitrogen and oxygen atoms in total. The number of aromatic nitrogens is 1. The minimum Gasteiger partial charge on any atom is -0.493 e. The third kappa shape index (κ3) is 4.03. The second-order valence-electron chi connectivity index (χ2n) is 4.10. The summed E-state index contributed by atoms with van der Waals surface area (Å²) in [6.07, 6.45) is -0.165. The van der Waals surface area contributed by atoms with E-state index in [2.05, 4.69) is 10.3 Å². The van der Waals surface area contributed by atoms with Gasteiger partial charge in [-0.15, -0.1) is 11.3 Å². The number of carboxylic acids is 1. The van der Waals surface area contributed by atoms with Crippen LogP contribution in [0, 0.1) is 0 Å². The number of anilines is 1. The van der Waals surface area contributed by atoms with E-state index in [0.29, 0.717) is 28.7 Å². The lowest BCUT2D eigenvalue weighted by Crippen LogP contribution is -2.13. The van der Waals surface area contributed by atoms with Gasteiger partial charge in [-0.2, -0.15) is 0 Å². The van der Waals surface area contributed by atoms with Crippen molar-refractivity contribution < 1.29 is 19.4 Å². The Morgan fingerprint density at radius 2 is 2.14 bits per heavy atom.